The number of aliphatic hydroxyl groups excluding tert-OH is 1. The fourth-order valence-electron chi connectivity index (χ4n) is 6.88. The lowest BCUT2D eigenvalue weighted by molar-refractivity contribution is -0.161. The molecule has 11 nitrogen and oxygen atoms in total. The molecule has 0 saturated heterocycles. The number of carbonyl (C=O) groups excluding carboxylic acids is 3. The molecule has 0 heterocycles. The number of esters is 3. The summed E-state index contributed by atoms with van der Waals surface area (Å²) in [4.78, 5) is 48.5. The second kappa shape index (κ2) is 54.9. The highest BCUT2D eigenvalue weighted by molar-refractivity contribution is 7.47. The lowest BCUT2D eigenvalue weighted by Crippen LogP contribution is -2.30. The third-order valence-corrected chi connectivity index (χ3v) is 12.0. The summed E-state index contributed by atoms with van der Waals surface area (Å²) >= 11 is 0. The summed E-state index contributed by atoms with van der Waals surface area (Å²) in [5, 5.41) is 9.80. The molecular formula is C62H99O11P. The van der Waals surface area contributed by atoms with Gasteiger partial charge in [-0.3, -0.25) is 23.4 Å². The second-order valence-electron chi connectivity index (χ2n) is 18.0. The van der Waals surface area contributed by atoms with Crippen LogP contribution in [0.5, 0.6) is 0 Å². The third kappa shape index (κ3) is 52.5. The quantitative estimate of drug-likeness (QED) is 0.0197. The van der Waals surface area contributed by atoms with Gasteiger partial charge in [-0.2, -0.15) is 0 Å². The lowest BCUT2D eigenvalue weighted by Gasteiger charge is -2.21. The third-order valence-electron chi connectivity index (χ3n) is 11.1. The average Bonchev–Trinajstić information content (AvgIpc) is 3.39. The Kier molecular flexibility index (Phi) is 51.6. The smallest absolute Gasteiger partial charge is 0.462 e. The van der Waals surface area contributed by atoms with Crippen LogP contribution in [0.25, 0.3) is 0 Å². The van der Waals surface area contributed by atoms with Gasteiger partial charge in [-0.1, -0.05) is 187 Å². The fourth-order valence-corrected chi connectivity index (χ4v) is 7.66. The number of hydrogen-bond donors (Lipinski definition) is 2. The van der Waals surface area contributed by atoms with E-state index in [9.17, 15) is 28.9 Å². The van der Waals surface area contributed by atoms with Crippen LogP contribution in [0.3, 0.4) is 0 Å². The summed E-state index contributed by atoms with van der Waals surface area (Å²) in [5.74, 6) is -1.57. The maximum Gasteiger partial charge on any atom is 0.472 e. The van der Waals surface area contributed by atoms with Crippen LogP contribution < -0.4 is 0 Å². The van der Waals surface area contributed by atoms with Gasteiger partial charge in [-0.15, -0.1) is 0 Å². The minimum Gasteiger partial charge on any atom is -0.462 e. The molecule has 0 aliphatic heterocycles. The van der Waals surface area contributed by atoms with Crippen molar-refractivity contribution in [1.29, 1.82) is 0 Å². The van der Waals surface area contributed by atoms with Crippen LogP contribution in [-0.2, 0) is 42.2 Å². The van der Waals surface area contributed by atoms with E-state index in [1.54, 1.807) is 0 Å². The molecule has 0 saturated carbocycles. The molecule has 0 bridgehead atoms. The van der Waals surface area contributed by atoms with Gasteiger partial charge in [0.05, 0.1) is 19.8 Å². The Morgan fingerprint density at radius 2 is 0.662 bits per heavy atom. The van der Waals surface area contributed by atoms with Gasteiger partial charge in [0.2, 0.25) is 0 Å². The van der Waals surface area contributed by atoms with Crippen molar-refractivity contribution in [2.24, 2.45) is 0 Å². The molecule has 0 aliphatic carbocycles. The van der Waals surface area contributed by atoms with Gasteiger partial charge in [0.1, 0.15) is 12.7 Å². The summed E-state index contributed by atoms with van der Waals surface area (Å²) < 4.78 is 39.4. The predicted molar refractivity (Wildman–Crippen MR) is 306 cm³/mol. The maximum absolute atomic E-state index is 12.9. The van der Waals surface area contributed by atoms with Crippen molar-refractivity contribution in [2.45, 2.75) is 213 Å². The molecule has 0 spiro atoms. The molecule has 3 atom stereocenters. The Hall–Kier alpha value is -4.38. The van der Waals surface area contributed by atoms with Crippen LogP contribution in [0, 0.1) is 0 Å². The highest BCUT2D eigenvalue weighted by Gasteiger charge is 2.28. The molecular weight excluding hydrogens is 952 g/mol. The van der Waals surface area contributed by atoms with Gasteiger partial charge in [0, 0.05) is 19.3 Å². The van der Waals surface area contributed by atoms with Crippen LogP contribution >= 0.6 is 7.82 Å². The Labute approximate surface area is 449 Å². The monoisotopic (exact) mass is 1050 g/mol. The molecule has 0 radical (unpaired) electrons. The zero-order chi connectivity index (χ0) is 54.1. The molecule has 2 N–H and O–H groups in total. The Morgan fingerprint density at radius 3 is 1.01 bits per heavy atom. The topological polar surface area (TPSA) is 155 Å². The first-order valence-electron chi connectivity index (χ1n) is 28.1. The van der Waals surface area contributed by atoms with Crippen LogP contribution in [0.1, 0.15) is 201 Å². The molecule has 0 aromatic carbocycles. The molecule has 0 fully saturated rings. The van der Waals surface area contributed by atoms with E-state index in [0.29, 0.717) is 19.3 Å². The largest absolute Gasteiger partial charge is 0.472 e. The summed E-state index contributed by atoms with van der Waals surface area (Å²) in [6.07, 6.45) is 68.4. The average molecular weight is 1050 g/mol. The van der Waals surface area contributed by atoms with E-state index in [1.165, 1.54) is 0 Å². The number of ether oxygens (including phenoxy) is 3. The van der Waals surface area contributed by atoms with Crippen LogP contribution in [-0.4, -0.2) is 66.5 Å². The fraction of sp³-hybridized carbons (Fsp3) is 0.597. The molecule has 418 valence electrons. The van der Waals surface area contributed by atoms with Crippen molar-refractivity contribution >= 4 is 25.7 Å². The number of allylic oxidation sites excluding steroid dienone is 22. The molecule has 12 heteroatoms. The lowest BCUT2D eigenvalue weighted by atomic mass is 10.1. The normalized spacial score (nSPS) is 14.4. The molecule has 3 unspecified atom stereocenters. The number of unbranched alkanes of at least 4 members (excludes halogenated alkanes) is 11. The first kappa shape index (κ1) is 69.6. The summed E-state index contributed by atoms with van der Waals surface area (Å²) in [5.41, 5.74) is 0. The zero-order valence-electron chi connectivity index (χ0n) is 46.0. The number of phosphoric acid groups is 1. The van der Waals surface area contributed by atoms with Crippen LogP contribution in [0.4, 0.5) is 0 Å². The Bertz CT molecular complexity index is 1750. The van der Waals surface area contributed by atoms with E-state index in [4.69, 9.17) is 23.3 Å². The maximum atomic E-state index is 12.9. The molecule has 0 aliphatic rings. The first-order chi connectivity index (χ1) is 36.2. The molecule has 0 rings (SSSR count). The van der Waals surface area contributed by atoms with Crippen molar-refractivity contribution < 1.29 is 52.2 Å². The SMILES string of the molecule is CC/C=C\C/C=C\C/C=C\C/C=C\CCCCCCC(=O)OCC(COP(=O)(O)OCC(CO)OC(=O)CCCCC/C=C\C/C=C\C/C=C\CC)OC(=O)CCCCCC/C=C\C/C=C\C/C=C\C/C=C\CC. The Morgan fingerprint density at radius 1 is 0.378 bits per heavy atom. The van der Waals surface area contributed by atoms with Crippen LogP contribution in [0.15, 0.2) is 134 Å². The van der Waals surface area contributed by atoms with Gasteiger partial charge >= 0.3 is 25.7 Å². The van der Waals surface area contributed by atoms with E-state index >= 15 is 0 Å². The standard InChI is InChI=1S/C62H99O11P/c1-4-7-10-13-16-19-22-25-27-29-31-34-36-39-42-45-48-51-60(64)69-55-59(73-62(66)53-50-47-44-41-38-35-32-30-28-26-23-20-17-14-11-8-5-2)57-71-74(67,68)70-56-58(54-63)72-61(65)52-49-46-43-40-37-33-24-21-18-15-12-9-6-3/h7-12,16-21,25-28,31-35,37,58-59,63H,4-6,13-15,22-24,29-30,36,38-57H2,1-3H3,(H,67,68)/b10-7-,11-8-,12-9-,19-16-,20-17-,21-18-,27-25-,28-26-,34-31-,35-32-,37-33-. The van der Waals surface area contributed by atoms with Crippen molar-refractivity contribution in [2.75, 3.05) is 26.4 Å². The van der Waals surface area contributed by atoms with Crippen molar-refractivity contribution in [3.05, 3.63) is 134 Å². The van der Waals surface area contributed by atoms with Crippen LogP contribution in [0.2, 0.25) is 0 Å². The van der Waals surface area contributed by atoms with E-state index in [2.05, 4.69) is 154 Å². The van der Waals surface area contributed by atoms with E-state index in [-0.39, 0.29) is 25.9 Å². The van der Waals surface area contributed by atoms with Gasteiger partial charge in [0.15, 0.2) is 6.10 Å². The number of rotatable bonds is 50. The Balaban J connectivity index is 4.87. The summed E-state index contributed by atoms with van der Waals surface area (Å²) in [6.45, 7) is 4.18. The van der Waals surface area contributed by atoms with Gasteiger partial charge in [-0.25, -0.2) is 4.57 Å². The number of aliphatic hydroxyl groups is 1. The van der Waals surface area contributed by atoms with E-state index in [0.717, 1.165) is 141 Å². The van der Waals surface area contributed by atoms with E-state index < -0.39 is 57.8 Å². The van der Waals surface area contributed by atoms with Crippen molar-refractivity contribution in [3.63, 3.8) is 0 Å². The highest BCUT2D eigenvalue weighted by atomic mass is 31.2. The second-order valence-corrected chi connectivity index (χ2v) is 19.4. The molecule has 0 aromatic heterocycles. The minimum absolute atomic E-state index is 0.124. The van der Waals surface area contributed by atoms with Crippen molar-refractivity contribution in [1.82, 2.24) is 0 Å². The number of carbonyl (C=O) groups is 3. The van der Waals surface area contributed by atoms with Gasteiger partial charge < -0.3 is 24.2 Å². The number of hydrogen-bond acceptors (Lipinski definition) is 10. The zero-order valence-corrected chi connectivity index (χ0v) is 46.9. The first-order valence-corrected chi connectivity index (χ1v) is 29.6. The summed E-state index contributed by atoms with van der Waals surface area (Å²) in [6, 6.07) is 0. The molecule has 0 amide bonds. The van der Waals surface area contributed by atoms with Gasteiger partial charge in [-0.05, 0) is 128 Å². The molecule has 74 heavy (non-hydrogen) atoms. The van der Waals surface area contributed by atoms with E-state index in [1.807, 2.05) is 0 Å². The number of phosphoric ester groups is 1. The molecule has 0 aromatic rings. The minimum atomic E-state index is -4.78. The van der Waals surface area contributed by atoms with Gasteiger partial charge in [0.25, 0.3) is 0 Å². The van der Waals surface area contributed by atoms with Crippen molar-refractivity contribution in [3.8, 4) is 0 Å². The highest BCUT2D eigenvalue weighted by Crippen LogP contribution is 2.43. The summed E-state index contributed by atoms with van der Waals surface area (Å²) in [7, 11) is -4.78. The predicted octanol–water partition coefficient (Wildman–Crippen LogP) is 16.6.